The third-order valence-corrected chi connectivity index (χ3v) is 0. The van der Waals surface area contributed by atoms with E-state index < -0.39 is 52.6 Å². The Kier molecular flexibility index (Phi) is 309. The van der Waals surface area contributed by atoms with Gasteiger partial charge in [0.15, 0.2) is 0 Å². The molecule has 0 rings (SSSR count). The molecule has 0 radical (unpaired) electrons. The van der Waals surface area contributed by atoms with Crippen molar-refractivity contribution >= 4 is 61.4 Å². The molecule has 0 bridgehead atoms. The Balaban J connectivity index is -0.00000000839. The predicted octanol–water partition coefficient (Wildman–Crippen LogP) is -30.5. The van der Waals surface area contributed by atoms with E-state index in [1.807, 2.05) is 0 Å². The van der Waals surface area contributed by atoms with Gasteiger partial charge in [0.05, 0.1) is 10.8 Å². The van der Waals surface area contributed by atoms with Crippen molar-refractivity contribution in [3.8, 4) is 0 Å². The Hall–Kier alpha value is 6.48. The van der Waals surface area contributed by atoms with Gasteiger partial charge in [-0.2, -0.15) is 0 Å². The van der Waals surface area contributed by atoms with Crippen molar-refractivity contribution in [1.29, 1.82) is 0 Å². The average molecular weight is 842 g/mol. The summed E-state index contributed by atoms with van der Waals surface area (Å²) >= 11 is 2.51. The van der Waals surface area contributed by atoms with Crippen LogP contribution in [0.15, 0.2) is 0 Å². The molecule has 0 spiro atoms. The summed E-state index contributed by atoms with van der Waals surface area (Å²) in [6.07, 6.45) is 0. The molecule has 0 atom stereocenters. The molecule has 0 aromatic heterocycles. The van der Waals surface area contributed by atoms with Gasteiger partial charge in [-0.1, -0.05) is 0 Å². The Morgan fingerprint density at radius 3 is 0.821 bits per heavy atom. The van der Waals surface area contributed by atoms with E-state index in [-0.39, 0.29) is 155 Å². The number of aliphatic carboxylic acids is 1. The maximum Gasteiger partial charge on any atom is 3.00 e. The molecule has 0 unspecified atom stereocenters. The first-order valence-corrected chi connectivity index (χ1v) is 9.22. The van der Waals surface area contributed by atoms with Crippen LogP contribution in [-0.2, 0) is 4.79 Å². The fourth-order valence-electron chi connectivity index (χ4n) is 0. The normalized spacial score (nSPS) is 5.39. The quantitative estimate of drug-likeness (QED) is 0.175. The van der Waals surface area contributed by atoms with Crippen molar-refractivity contribution in [2.24, 2.45) is 0 Å². The van der Waals surface area contributed by atoms with Gasteiger partial charge in [-0.25, -0.2) is 35.6 Å². The maximum absolute atomic E-state index is 9.00. The summed E-state index contributed by atoms with van der Waals surface area (Å²) in [6, 6.07) is 0. The smallest absolute Gasteiger partial charge is 1.00 e. The van der Waals surface area contributed by atoms with Crippen molar-refractivity contribution in [2.45, 2.75) is 6.92 Å². The number of carboxylic acid groups (broad SMARTS) is 1. The topological polar surface area (TPSA) is 314 Å². The Labute approximate surface area is 304 Å². The standard InChI is InChI=1S/C2H4O2.BrO3.BrH.ClO3.3ClO.Ga.IO3.4Na/c1-2(3)4;2-1(3)4;;2-1(3)4;3*1-2;;2-1(3)4;;;;/h1H3,(H,3,4);;1H;;;;;;;;;;/q;-1;;4*-1;+3;-1;4*+1/p-1. The fourth-order valence-corrected chi connectivity index (χ4v) is 0. The third-order valence-electron chi connectivity index (χ3n) is 0. The van der Waals surface area contributed by atoms with Crippen LogP contribution >= 0.6 is 35.6 Å². The maximum atomic E-state index is 9.00. The summed E-state index contributed by atoms with van der Waals surface area (Å²) in [5.74, 6) is -0.833. The molecule has 0 saturated heterocycles. The molecule has 1 N–H and O–H groups in total. The van der Waals surface area contributed by atoms with Crippen LogP contribution in [0.4, 0.5) is 0 Å². The predicted molar refractivity (Wildman–Crippen MR) is 36.6 cm³/mol. The second-order valence-electron chi connectivity index (χ2n) is 1.09. The van der Waals surface area contributed by atoms with Crippen LogP contribution in [0.2, 0.25) is 0 Å². The summed E-state index contributed by atoms with van der Waals surface area (Å²) in [6.45, 7) is 1.08. The summed E-state index contributed by atoms with van der Waals surface area (Å²) in [5, 5.41) is 7.42. The van der Waals surface area contributed by atoms with Crippen molar-refractivity contribution in [3.05, 3.63) is 0 Å². The van der Waals surface area contributed by atoms with Gasteiger partial charge in [-0.15, -0.1) is 0 Å². The molecule has 0 aliphatic rings. The molecule has 0 amide bonds. The van der Waals surface area contributed by atoms with Gasteiger partial charge >= 0.3 is 138 Å². The molecular formula is C2H4Br2Cl4GaINa4O14. The Morgan fingerprint density at radius 2 is 0.821 bits per heavy atom. The molecule has 14 nitrogen and oxygen atoms in total. The van der Waals surface area contributed by atoms with Crippen molar-refractivity contribution in [2.75, 3.05) is 0 Å². The number of carbonyl (C=O) groups is 1. The van der Waals surface area contributed by atoms with Crippen LogP contribution in [0.25, 0.3) is 0 Å². The van der Waals surface area contributed by atoms with E-state index in [9.17, 15) is 0 Å². The SMILES string of the molecule is CC(=O)O.[Br-].[Ga+3].[Na+].[Na+].[Na+].[Na+].[O-]Cl.[O-]Cl.[O-]Cl.[O-][Br+2]([O-])[O-].[O-][Cl+2]([O-])[O-].[O-][I+2]([O-])[O-]. The van der Waals surface area contributed by atoms with E-state index >= 15 is 0 Å². The zero-order valence-electron chi connectivity index (χ0n) is 14.5. The van der Waals surface area contributed by atoms with Gasteiger partial charge in [-0.05, 0) is 0 Å². The zero-order chi connectivity index (χ0) is 20.3. The van der Waals surface area contributed by atoms with Crippen LogP contribution in [0.1, 0.15) is 6.92 Å². The molecule has 28 heavy (non-hydrogen) atoms. The van der Waals surface area contributed by atoms with Crippen molar-refractivity contribution in [3.63, 3.8) is 0 Å². The first kappa shape index (κ1) is 83.8. The van der Waals surface area contributed by atoms with Gasteiger partial charge in [0.25, 0.3) is 27.0 Å². The minimum atomic E-state index is -4.01. The fraction of sp³-hybridized carbons (Fsp3) is 0.500. The van der Waals surface area contributed by atoms with E-state index in [2.05, 4.69) is 35.6 Å². The van der Waals surface area contributed by atoms with E-state index in [1.54, 1.807) is 0 Å². The number of hydrogen-bond donors (Lipinski definition) is 1. The van der Waals surface area contributed by atoms with Crippen LogP contribution in [0.5, 0.6) is 0 Å². The first-order valence-electron chi connectivity index (χ1n) is 2.78. The van der Waals surface area contributed by atoms with E-state index in [0.29, 0.717) is 0 Å². The van der Waals surface area contributed by atoms with Gasteiger partial charge < -0.3 is 72.9 Å². The second-order valence-corrected chi connectivity index (χ2v) is 3.34. The number of hydrogen-bond acceptors (Lipinski definition) is 13. The Bertz CT molecular complexity index is 142. The second kappa shape index (κ2) is 103. The van der Waals surface area contributed by atoms with E-state index in [1.165, 1.54) is 0 Å². The molecule has 0 saturated carbocycles. The summed E-state index contributed by atoms with van der Waals surface area (Å²) in [5.41, 5.74) is 0. The molecule has 152 valence electrons. The van der Waals surface area contributed by atoms with Crippen LogP contribution in [-0.4, -0.2) is 30.9 Å². The van der Waals surface area contributed by atoms with Crippen LogP contribution in [0, 0.1) is 25.6 Å². The minimum Gasteiger partial charge on any atom is -1.00 e. The summed E-state index contributed by atoms with van der Waals surface area (Å²) < 4.78 is 99.7. The van der Waals surface area contributed by atoms with Gasteiger partial charge in [-0.3, -0.25) is 4.79 Å². The third kappa shape index (κ3) is 767. The van der Waals surface area contributed by atoms with E-state index in [0.717, 1.165) is 6.92 Å². The van der Waals surface area contributed by atoms with Gasteiger partial charge in [0.1, 0.15) is 0 Å². The molecule has 0 aliphatic carbocycles. The Morgan fingerprint density at radius 1 is 0.821 bits per heavy atom. The molecule has 0 aromatic carbocycles. The van der Waals surface area contributed by atoms with Crippen molar-refractivity contribution < 1.29 is 243 Å². The summed E-state index contributed by atoms with van der Waals surface area (Å²) in [7, 11) is -2.85. The number of halogens is 7. The van der Waals surface area contributed by atoms with Crippen LogP contribution in [0.3, 0.4) is 0 Å². The minimum absolute atomic E-state index is 0. The molecule has 0 heterocycles. The number of rotatable bonds is 0. The van der Waals surface area contributed by atoms with Gasteiger partial charge in [0, 0.05) is 6.92 Å². The zero-order valence-corrected chi connectivity index (χ0v) is 33.3. The average Bonchev–Trinajstić information content (AvgIpc) is 2.33. The molecule has 0 aromatic rings. The van der Waals surface area contributed by atoms with Crippen molar-refractivity contribution in [1.82, 2.24) is 0 Å². The molecule has 0 aliphatic heterocycles. The number of carboxylic acids is 1. The van der Waals surface area contributed by atoms with Gasteiger partial charge in [0.2, 0.25) is 14.8 Å². The van der Waals surface area contributed by atoms with Crippen LogP contribution < -0.4 is 207 Å². The van der Waals surface area contributed by atoms with E-state index in [4.69, 9.17) is 60.8 Å². The first-order chi connectivity index (χ1) is 9.93. The summed E-state index contributed by atoms with van der Waals surface area (Å²) in [4.78, 5) is 9.00. The molecule has 26 heteroatoms. The molecule has 0 fully saturated rings. The largest absolute Gasteiger partial charge is 3.00 e. The molecular weight excluding hydrogens is 838 g/mol. The monoisotopic (exact) mass is 837 g/mol.